The topological polar surface area (TPSA) is 101 Å². The molecule has 1 aromatic heterocycles. The van der Waals surface area contributed by atoms with Crippen LogP contribution < -0.4 is 11.1 Å². The SMILES string of the molecule is CN(C)S(=O)(=O)CCNc1cc(C2CC(N)C2)ncn1.Cl.Cl. The minimum atomic E-state index is -3.18. The smallest absolute Gasteiger partial charge is 0.215 e. The molecule has 10 heteroatoms. The lowest BCUT2D eigenvalue weighted by atomic mass is 9.79. The Bertz CT molecular complexity index is 564. The second-order valence-corrected chi connectivity index (χ2v) is 7.58. The fourth-order valence-electron chi connectivity index (χ4n) is 2.09. The van der Waals surface area contributed by atoms with E-state index in [1.54, 1.807) is 0 Å². The fraction of sp³-hybridized carbons (Fsp3) is 0.667. The largest absolute Gasteiger partial charge is 0.369 e. The molecule has 0 bridgehead atoms. The first kappa shape index (κ1) is 21.3. The van der Waals surface area contributed by atoms with Crippen LogP contribution in [0.2, 0.25) is 0 Å². The van der Waals surface area contributed by atoms with Crippen LogP contribution in [0, 0.1) is 0 Å². The van der Waals surface area contributed by atoms with Crippen molar-refractivity contribution in [2.24, 2.45) is 5.73 Å². The van der Waals surface area contributed by atoms with Gasteiger partial charge in [-0.2, -0.15) is 0 Å². The molecule has 7 nitrogen and oxygen atoms in total. The highest BCUT2D eigenvalue weighted by atomic mass is 35.5. The van der Waals surface area contributed by atoms with Crippen molar-refractivity contribution in [1.29, 1.82) is 0 Å². The first-order valence-electron chi connectivity index (χ1n) is 6.60. The molecule has 0 aliphatic heterocycles. The molecule has 0 atom stereocenters. The van der Waals surface area contributed by atoms with Crippen LogP contribution in [0.3, 0.4) is 0 Å². The predicted molar refractivity (Wildman–Crippen MR) is 92.4 cm³/mol. The van der Waals surface area contributed by atoms with Gasteiger partial charge in [0.25, 0.3) is 0 Å². The van der Waals surface area contributed by atoms with Gasteiger partial charge in [0.1, 0.15) is 12.1 Å². The summed E-state index contributed by atoms with van der Waals surface area (Å²) in [6.07, 6.45) is 3.40. The van der Waals surface area contributed by atoms with Crippen molar-refractivity contribution in [3.8, 4) is 0 Å². The van der Waals surface area contributed by atoms with Gasteiger partial charge in [-0.15, -0.1) is 24.8 Å². The van der Waals surface area contributed by atoms with Crippen molar-refractivity contribution >= 4 is 40.7 Å². The molecule has 0 saturated heterocycles. The highest BCUT2D eigenvalue weighted by Gasteiger charge is 2.28. The highest BCUT2D eigenvalue weighted by Crippen LogP contribution is 2.34. The van der Waals surface area contributed by atoms with Gasteiger partial charge in [0.2, 0.25) is 10.0 Å². The molecule has 0 amide bonds. The Morgan fingerprint density at radius 3 is 2.50 bits per heavy atom. The fourth-order valence-corrected chi connectivity index (χ4v) is 2.81. The van der Waals surface area contributed by atoms with Crippen LogP contribution in [-0.4, -0.2) is 55.1 Å². The van der Waals surface area contributed by atoms with Gasteiger partial charge in [-0.05, 0) is 12.8 Å². The van der Waals surface area contributed by atoms with Crippen molar-refractivity contribution < 1.29 is 8.42 Å². The summed E-state index contributed by atoms with van der Waals surface area (Å²) in [6.45, 7) is 0.321. The Labute approximate surface area is 144 Å². The lowest BCUT2D eigenvalue weighted by Crippen LogP contribution is -2.35. The van der Waals surface area contributed by atoms with Crippen molar-refractivity contribution in [1.82, 2.24) is 14.3 Å². The van der Waals surface area contributed by atoms with E-state index in [1.807, 2.05) is 6.07 Å². The lowest BCUT2D eigenvalue weighted by Gasteiger charge is -2.31. The molecule has 1 aromatic rings. The Morgan fingerprint density at radius 1 is 1.32 bits per heavy atom. The summed E-state index contributed by atoms with van der Waals surface area (Å²) in [5, 5.41) is 3.02. The van der Waals surface area contributed by atoms with E-state index >= 15 is 0 Å². The van der Waals surface area contributed by atoms with Crippen LogP contribution in [0.25, 0.3) is 0 Å². The van der Waals surface area contributed by atoms with Crippen molar-refractivity contribution in [3.63, 3.8) is 0 Å². The number of nitrogens with zero attached hydrogens (tertiary/aromatic N) is 3. The molecule has 0 aromatic carbocycles. The van der Waals surface area contributed by atoms with Gasteiger partial charge < -0.3 is 11.1 Å². The van der Waals surface area contributed by atoms with E-state index in [4.69, 9.17) is 5.73 Å². The van der Waals surface area contributed by atoms with Crippen molar-refractivity contribution in [3.05, 3.63) is 18.1 Å². The van der Waals surface area contributed by atoms with Crippen LogP contribution in [0.5, 0.6) is 0 Å². The minimum absolute atomic E-state index is 0. The molecule has 0 unspecified atom stereocenters. The number of sulfonamides is 1. The van der Waals surface area contributed by atoms with Crippen LogP contribution in [0.4, 0.5) is 5.82 Å². The minimum Gasteiger partial charge on any atom is -0.369 e. The van der Waals surface area contributed by atoms with E-state index < -0.39 is 10.0 Å². The quantitative estimate of drug-likeness (QED) is 0.767. The van der Waals surface area contributed by atoms with Crippen LogP contribution in [0.15, 0.2) is 12.4 Å². The van der Waals surface area contributed by atoms with Gasteiger partial charge in [-0.25, -0.2) is 22.7 Å². The van der Waals surface area contributed by atoms with E-state index in [-0.39, 0.29) is 36.6 Å². The molecular weight excluding hydrogens is 349 g/mol. The molecular formula is C12H23Cl2N5O2S. The van der Waals surface area contributed by atoms with Gasteiger partial charge in [0.15, 0.2) is 0 Å². The number of halogens is 2. The number of hydrogen-bond donors (Lipinski definition) is 2. The third-order valence-electron chi connectivity index (χ3n) is 3.50. The van der Waals surface area contributed by atoms with E-state index in [9.17, 15) is 8.42 Å². The summed E-state index contributed by atoms with van der Waals surface area (Å²) in [6, 6.07) is 2.15. The second kappa shape index (κ2) is 8.83. The summed E-state index contributed by atoms with van der Waals surface area (Å²) in [4.78, 5) is 8.35. The number of nitrogens with two attached hydrogens (primary N) is 1. The van der Waals surface area contributed by atoms with Gasteiger partial charge in [0, 0.05) is 44.4 Å². The summed E-state index contributed by atoms with van der Waals surface area (Å²) >= 11 is 0. The van der Waals surface area contributed by atoms with Crippen molar-refractivity contribution in [2.75, 3.05) is 31.7 Å². The summed E-state index contributed by atoms with van der Waals surface area (Å²) in [5.74, 6) is 1.09. The van der Waals surface area contributed by atoms with Crippen LogP contribution >= 0.6 is 24.8 Å². The first-order chi connectivity index (χ1) is 9.38. The van der Waals surface area contributed by atoms with E-state index in [0.717, 1.165) is 18.5 Å². The zero-order valence-corrected chi connectivity index (χ0v) is 15.0. The van der Waals surface area contributed by atoms with Crippen molar-refractivity contribution in [2.45, 2.75) is 24.8 Å². The predicted octanol–water partition coefficient (Wildman–Crippen LogP) is 0.828. The second-order valence-electron chi connectivity index (χ2n) is 5.28. The van der Waals surface area contributed by atoms with E-state index in [2.05, 4.69) is 15.3 Å². The summed E-state index contributed by atoms with van der Waals surface area (Å²) in [5.41, 5.74) is 6.74. The average molecular weight is 372 g/mol. The molecule has 128 valence electrons. The molecule has 2 rings (SSSR count). The molecule has 0 radical (unpaired) electrons. The summed E-state index contributed by atoms with van der Waals surface area (Å²) in [7, 11) is -0.133. The highest BCUT2D eigenvalue weighted by molar-refractivity contribution is 7.89. The first-order valence-corrected chi connectivity index (χ1v) is 8.21. The molecule has 22 heavy (non-hydrogen) atoms. The standard InChI is InChI=1S/C12H21N5O2S.2ClH/c1-17(2)20(18,19)4-3-14-12-7-11(15-8-16-12)9-5-10(13)6-9;;/h7-10H,3-6,13H2,1-2H3,(H,14,15,16);2*1H. The third-order valence-corrected chi connectivity index (χ3v) is 5.34. The number of anilines is 1. The Balaban J connectivity index is 0.00000220. The number of nitrogens with one attached hydrogen (secondary N) is 1. The molecule has 1 aliphatic carbocycles. The molecule has 1 fully saturated rings. The zero-order valence-electron chi connectivity index (χ0n) is 12.6. The number of aromatic nitrogens is 2. The monoisotopic (exact) mass is 371 g/mol. The van der Waals surface area contributed by atoms with Gasteiger partial charge in [0.05, 0.1) is 5.75 Å². The van der Waals surface area contributed by atoms with E-state index in [0.29, 0.717) is 18.3 Å². The van der Waals surface area contributed by atoms with Gasteiger partial charge in [-0.3, -0.25) is 0 Å². The number of hydrogen-bond acceptors (Lipinski definition) is 6. The average Bonchev–Trinajstić information content (AvgIpc) is 2.35. The Morgan fingerprint density at radius 2 is 1.95 bits per heavy atom. The summed E-state index contributed by atoms with van der Waals surface area (Å²) < 4.78 is 24.5. The van der Waals surface area contributed by atoms with Crippen LogP contribution in [0.1, 0.15) is 24.5 Å². The maximum Gasteiger partial charge on any atom is 0.215 e. The maximum absolute atomic E-state index is 11.6. The zero-order chi connectivity index (χ0) is 14.8. The molecule has 0 spiro atoms. The van der Waals surface area contributed by atoms with E-state index in [1.165, 1.54) is 24.7 Å². The van der Waals surface area contributed by atoms with Gasteiger partial charge in [-0.1, -0.05) is 0 Å². The Kier molecular flexibility index (Phi) is 8.56. The molecule has 3 N–H and O–H groups in total. The Hall–Kier alpha value is -0.670. The molecule has 1 aliphatic rings. The third kappa shape index (κ3) is 5.51. The maximum atomic E-state index is 11.6. The lowest BCUT2D eigenvalue weighted by molar-refractivity contribution is 0.345. The van der Waals surface area contributed by atoms with Crippen LogP contribution in [-0.2, 0) is 10.0 Å². The molecule has 1 saturated carbocycles. The number of rotatable bonds is 6. The normalized spacial score (nSPS) is 20.5. The van der Waals surface area contributed by atoms with Gasteiger partial charge >= 0.3 is 0 Å². The molecule has 1 heterocycles.